The highest BCUT2D eigenvalue weighted by Crippen LogP contribution is 2.38. The van der Waals surface area contributed by atoms with E-state index in [1.165, 1.54) is 30.3 Å². The van der Waals surface area contributed by atoms with Gasteiger partial charge in [0.2, 0.25) is 11.6 Å². The number of halogens is 6. The smallest absolute Gasteiger partial charge is 0.201 e. The van der Waals surface area contributed by atoms with Crippen LogP contribution in [-0.4, -0.2) is 25.9 Å². The van der Waals surface area contributed by atoms with Crippen LogP contribution in [0.3, 0.4) is 0 Å². The lowest BCUT2D eigenvalue weighted by molar-refractivity contribution is 0.0233. The molecule has 0 fully saturated rings. The number of benzene rings is 3. The van der Waals surface area contributed by atoms with E-state index in [0.717, 1.165) is 31.3 Å². The number of hydrogen-bond donors (Lipinski definition) is 0. The average molecular weight is 673 g/mol. The van der Waals surface area contributed by atoms with Gasteiger partial charge in [0.15, 0.2) is 34.8 Å². The van der Waals surface area contributed by atoms with Gasteiger partial charge < -0.3 is 14.2 Å². The summed E-state index contributed by atoms with van der Waals surface area (Å²) >= 11 is 0. The zero-order valence-electron chi connectivity index (χ0n) is 27.5. The summed E-state index contributed by atoms with van der Waals surface area (Å²) in [4.78, 5) is 0. The highest BCUT2D eigenvalue weighted by Gasteiger charge is 2.26. The van der Waals surface area contributed by atoms with E-state index in [2.05, 4.69) is 0 Å². The third-order valence-electron chi connectivity index (χ3n) is 9.12. The van der Waals surface area contributed by atoms with Crippen LogP contribution < -0.4 is 9.47 Å². The van der Waals surface area contributed by atoms with Gasteiger partial charge in [0.25, 0.3) is 0 Å². The molecule has 3 aromatic rings. The van der Waals surface area contributed by atoms with E-state index in [4.69, 9.17) is 14.2 Å². The predicted molar refractivity (Wildman–Crippen MR) is 176 cm³/mol. The molecule has 2 atom stereocenters. The van der Waals surface area contributed by atoms with Crippen molar-refractivity contribution < 1.29 is 40.6 Å². The molecule has 2 aliphatic rings. The fourth-order valence-corrected chi connectivity index (χ4v) is 6.16. The van der Waals surface area contributed by atoms with E-state index in [9.17, 15) is 17.6 Å². The van der Waals surface area contributed by atoms with Crippen LogP contribution in [0.15, 0.2) is 48.6 Å². The first-order valence-corrected chi connectivity index (χ1v) is 16.9. The number of allylic oxidation sites excluding steroid dienone is 3. The summed E-state index contributed by atoms with van der Waals surface area (Å²) in [5.41, 5.74) is 1.01. The fourth-order valence-electron chi connectivity index (χ4n) is 6.16. The minimum absolute atomic E-state index is 0.0661. The van der Waals surface area contributed by atoms with Gasteiger partial charge in [-0.25, -0.2) is 17.6 Å². The van der Waals surface area contributed by atoms with Crippen LogP contribution in [0.1, 0.15) is 89.2 Å². The quantitative estimate of drug-likeness (QED) is 0.126. The summed E-state index contributed by atoms with van der Waals surface area (Å²) in [6.07, 6.45) is 10.5. The molecule has 0 radical (unpaired) electrons. The second-order valence-corrected chi connectivity index (χ2v) is 12.5. The highest BCUT2D eigenvalue weighted by molar-refractivity contribution is 5.73. The number of ether oxygens (including phenoxy) is 3. The standard InChI is InChI=1S/C39H42F6O3/c1-3-5-21-46-32-19-17-29(35(41)38(32)44)25-9-7-24(8-10-25)23-48-27-13-11-26(12-14-27)28-15-16-30(36(42)34(28)40)31-18-20-33(39(45)37(31)43)47-22-6-4-2/h9,11,15-20,24,27H,3-8,10,12-14,21-23H2,1-2H3. The van der Waals surface area contributed by atoms with Gasteiger partial charge in [-0.15, -0.1) is 0 Å². The van der Waals surface area contributed by atoms with Crippen LogP contribution in [-0.2, 0) is 4.74 Å². The Labute approximate surface area is 278 Å². The van der Waals surface area contributed by atoms with Crippen molar-refractivity contribution in [2.75, 3.05) is 19.8 Å². The summed E-state index contributed by atoms with van der Waals surface area (Å²) in [7, 11) is 0. The van der Waals surface area contributed by atoms with E-state index in [-0.39, 0.29) is 52.4 Å². The Morgan fingerprint density at radius 2 is 1.02 bits per heavy atom. The maximum Gasteiger partial charge on any atom is 0.201 e. The molecule has 0 heterocycles. The van der Waals surface area contributed by atoms with Crippen molar-refractivity contribution >= 4 is 11.1 Å². The van der Waals surface area contributed by atoms with E-state index in [1.807, 2.05) is 26.0 Å². The molecule has 0 N–H and O–H groups in total. The Morgan fingerprint density at radius 1 is 0.562 bits per heavy atom. The van der Waals surface area contributed by atoms with Crippen LogP contribution in [0.25, 0.3) is 22.3 Å². The second kappa shape index (κ2) is 16.6. The molecular weight excluding hydrogens is 630 g/mol. The van der Waals surface area contributed by atoms with Gasteiger partial charge in [-0.2, -0.15) is 8.78 Å². The van der Waals surface area contributed by atoms with Crippen molar-refractivity contribution in [3.63, 3.8) is 0 Å². The highest BCUT2D eigenvalue weighted by atomic mass is 19.2. The summed E-state index contributed by atoms with van der Waals surface area (Å²) in [5.74, 6) is -6.83. The van der Waals surface area contributed by atoms with Crippen molar-refractivity contribution in [2.24, 2.45) is 5.92 Å². The van der Waals surface area contributed by atoms with Gasteiger partial charge in [0.1, 0.15) is 0 Å². The van der Waals surface area contributed by atoms with Crippen molar-refractivity contribution in [3.05, 3.63) is 94.6 Å². The molecule has 3 nitrogen and oxygen atoms in total. The SMILES string of the molecule is CCCCOc1ccc(C2=CCC(COC3CC=C(c4ccc(-c5ccc(OCCCC)c(F)c5F)c(F)c4F)CC3)CC2)c(F)c1F. The minimum Gasteiger partial charge on any atom is -0.490 e. The lowest BCUT2D eigenvalue weighted by Gasteiger charge is -2.27. The molecule has 2 unspecified atom stereocenters. The van der Waals surface area contributed by atoms with Gasteiger partial charge in [-0.1, -0.05) is 51.0 Å². The third kappa shape index (κ3) is 8.11. The predicted octanol–water partition coefficient (Wildman–Crippen LogP) is 11.4. The molecule has 48 heavy (non-hydrogen) atoms. The first-order chi connectivity index (χ1) is 23.2. The number of unbranched alkanes of at least 4 members (excludes halogenated alkanes) is 2. The van der Waals surface area contributed by atoms with E-state index in [0.29, 0.717) is 57.3 Å². The first kappa shape index (κ1) is 35.6. The minimum atomic E-state index is -1.29. The molecule has 3 aromatic carbocycles. The van der Waals surface area contributed by atoms with E-state index >= 15 is 8.78 Å². The molecule has 0 amide bonds. The molecule has 2 aliphatic carbocycles. The molecule has 0 spiro atoms. The lowest BCUT2D eigenvalue weighted by atomic mass is 9.86. The van der Waals surface area contributed by atoms with E-state index in [1.54, 1.807) is 6.07 Å². The fraction of sp³-hybridized carbons (Fsp3) is 0.436. The maximum atomic E-state index is 15.3. The topological polar surface area (TPSA) is 27.7 Å². The van der Waals surface area contributed by atoms with Gasteiger partial charge in [-0.05, 0) is 92.7 Å². The number of rotatable bonds is 14. The summed E-state index contributed by atoms with van der Waals surface area (Å²) in [6, 6.07) is 8.17. The van der Waals surface area contributed by atoms with Gasteiger partial charge in [0, 0.05) is 22.3 Å². The Morgan fingerprint density at radius 3 is 1.54 bits per heavy atom. The van der Waals surface area contributed by atoms with Crippen molar-refractivity contribution in [1.82, 2.24) is 0 Å². The first-order valence-electron chi connectivity index (χ1n) is 16.9. The third-order valence-corrected chi connectivity index (χ3v) is 9.12. The maximum absolute atomic E-state index is 15.3. The summed E-state index contributed by atoms with van der Waals surface area (Å²) in [6.45, 7) is 5.00. The largest absolute Gasteiger partial charge is 0.490 e. The number of hydrogen-bond acceptors (Lipinski definition) is 3. The second-order valence-electron chi connectivity index (χ2n) is 12.5. The molecule has 5 rings (SSSR count). The van der Waals surface area contributed by atoms with Crippen molar-refractivity contribution in [1.29, 1.82) is 0 Å². The Hall–Kier alpha value is -3.72. The normalized spacial score (nSPS) is 18.0. The molecule has 0 aliphatic heterocycles. The Bertz CT molecular complexity index is 1650. The van der Waals surface area contributed by atoms with Gasteiger partial charge >= 0.3 is 0 Å². The molecule has 0 aromatic heterocycles. The Balaban J connectivity index is 1.16. The molecule has 9 heteroatoms. The summed E-state index contributed by atoms with van der Waals surface area (Å²) in [5, 5.41) is 0. The zero-order valence-corrected chi connectivity index (χ0v) is 27.5. The molecule has 0 bridgehead atoms. The van der Waals surface area contributed by atoms with Crippen molar-refractivity contribution in [2.45, 2.75) is 84.2 Å². The average Bonchev–Trinajstić information content (AvgIpc) is 3.10. The molecule has 258 valence electrons. The molecule has 0 saturated heterocycles. The molecule has 0 saturated carbocycles. The van der Waals surface area contributed by atoms with Crippen LogP contribution >= 0.6 is 0 Å². The van der Waals surface area contributed by atoms with Crippen LogP contribution in [0.2, 0.25) is 0 Å². The van der Waals surface area contributed by atoms with Crippen LogP contribution in [0.4, 0.5) is 26.3 Å². The van der Waals surface area contributed by atoms with Crippen LogP contribution in [0, 0.1) is 40.8 Å². The lowest BCUT2D eigenvalue weighted by Crippen LogP contribution is -2.21. The van der Waals surface area contributed by atoms with Crippen molar-refractivity contribution in [3.8, 4) is 22.6 Å². The monoisotopic (exact) mass is 672 g/mol. The summed E-state index contributed by atoms with van der Waals surface area (Å²) < 4.78 is 106. The Kier molecular flexibility index (Phi) is 12.3. The van der Waals surface area contributed by atoms with E-state index < -0.39 is 34.9 Å². The van der Waals surface area contributed by atoms with Gasteiger partial charge in [-0.3, -0.25) is 0 Å². The molecular formula is C39H42F6O3. The van der Waals surface area contributed by atoms with Crippen LogP contribution in [0.5, 0.6) is 11.5 Å². The van der Waals surface area contributed by atoms with Gasteiger partial charge in [0.05, 0.1) is 25.9 Å². The zero-order chi connectivity index (χ0) is 34.2.